The molecule has 0 saturated heterocycles. The van der Waals surface area contributed by atoms with Crippen LogP contribution in [-0.4, -0.2) is 60.5 Å². The van der Waals surface area contributed by atoms with Crippen LogP contribution in [0.3, 0.4) is 0 Å². The van der Waals surface area contributed by atoms with Gasteiger partial charge in [0, 0.05) is 7.05 Å². The molecule has 1 N–H and O–H groups in total. The zero-order chi connectivity index (χ0) is 18.3. The monoisotopic (exact) mass is 374 g/mol. The Labute approximate surface area is 147 Å². The van der Waals surface area contributed by atoms with Gasteiger partial charge in [0.1, 0.15) is 11.5 Å². The first-order valence-corrected chi connectivity index (χ1v) is 7.27. The average Bonchev–Trinajstić information content (AvgIpc) is 3.21. The summed E-state index contributed by atoms with van der Waals surface area (Å²) in [4.78, 5) is 36.2. The van der Waals surface area contributed by atoms with Crippen molar-refractivity contribution in [3.8, 4) is 5.82 Å². The van der Waals surface area contributed by atoms with E-state index in [4.69, 9.17) is 11.6 Å². The molecule has 0 spiro atoms. The van der Waals surface area contributed by atoms with Crippen molar-refractivity contribution in [2.75, 3.05) is 5.32 Å². The van der Waals surface area contributed by atoms with Crippen LogP contribution in [0, 0.1) is 0 Å². The number of tetrazole rings is 1. The molecule has 4 aromatic rings. The number of carbonyl (C=O) groups is 1. The third-order valence-electron chi connectivity index (χ3n) is 3.17. The number of carbonyl (C=O) groups excluding carboxylic acids is 1. The maximum absolute atomic E-state index is 12.2. The van der Waals surface area contributed by atoms with E-state index in [1.165, 1.54) is 35.1 Å². The second-order valence-electron chi connectivity index (χ2n) is 4.83. The highest BCUT2D eigenvalue weighted by molar-refractivity contribution is 6.29. The van der Waals surface area contributed by atoms with E-state index in [1.807, 2.05) is 0 Å². The van der Waals surface area contributed by atoms with E-state index in [0.29, 0.717) is 0 Å². The van der Waals surface area contributed by atoms with E-state index in [2.05, 4.69) is 46.0 Å². The van der Waals surface area contributed by atoms with Crippen LogP contribution in [0.2, 0.25) is 5.15 Å². The van der Waals surface area contributed by atoms with Crippen LogP contribution in [0.1, 0.15) is 10.5 Å². The Bertz CT molecular complexity index is 1180. The summed E-state index contributed by atoms with van der Waals surface area (Å²) in [6.45, 7) is 0. The second kappa shape index (κ2) is 5.92. The summed E-state index contributed by atoms with van der Waals surface area (Å²) >= 11 is 5.69. The largest absolute Gasteiger partial charge is 0.306 e. The lowest BCUT2D eigenvalue weighted by Gasteiger charge is -2.03. The number of halogens is 1. The van der Waals surface area contributed by atoms with E-state index in [9.17, 15) is 9.59 Å². The fourth-order valence-corrected chi connectivity index (χ4v) is 2.08. The van der Waals surface area contributed by atoms with Crippen molar-refractivity contribution in [2.45, 2.75) is 0 Å². The van der Waals surface area contributed by atoms with Crippen molar-refractivity contribution in [1.82, 2.24) is 54.6 Å². The summed E-state index contributed by atoms with van der Waals surface area (Å²) in [7, 11) is 1.52. The molecule has 0 atom stereocenters. The van der Waals surface area contributed by atoms with Crippen LogP contribution < -0.4 is 10.9 Å². The average molecular weight is 375 g/mol. The van der Waals surface area contributed by atoms with Crippen molar-refractivity contribution in [3.63, 3.8) is 0 Å². The Morgan fingerprint density at radius 1 is 1.27 bits per heavy atom. The van der Waals surface area contributed by atoms with E-state index in [1.54, 1.807) is 0 Å². The van der Waals surface area contributed by atoms with Gasteiger partial charge < -0.3 is 0 Å². The minimum absolute atomic E-state index is 0.0449. The number of nitrogens with one attached hydrogen (secondary N) is 1. The Morgan fingerprint density at radius 2 is 2.12 bits per heavy atom. The molecule has 26 heavy (non-hydrogen) atoms. The molecule has 0 radical (unpaired) electrons. The fourth-order valence-electron chi connectivity index (χ4n) is 1.98. The van der Waals surface area contributed by atoms with Crippen molar-refractivity contribution >= 4 is 29.2 Å². The summed E-state index contributed by atoms with van der Waals surface area (Å²) in [5, 5.41) is 21.1. The molecule has 14 nitrogen and oxygen atoms in total. The van der Waals surface area contributed by atoms with Gasteiger partial charge in [0.25, 0.3) is 11.7 Å². The van der Waals surface area contributed by atoms with Gasteiger partial charge in [-0.05, 0) is 10.4 Å². The van der Waals surface area contributed by atoms with E-state index in [0.717, 1.165) is 4.52 Å². The number of anilines is 1. The topological polar surface area (TPSA) is 164 Å². The molecule has 4 heterocycles. The van der Waals surface area contributed by atoms with Crippen LogP contribution in [0.25, 0.3) is 11.6 Å². The first kappa shape index (κ1) is 15.7. The molecule has 0 saturated carbocycles. The van der Waals surface area contributed by atoms with E-state index >= 15 is 0 Å². The Hall–Kier alpha value is -3.81. The van der Waals surface area contributed by atoms with Crippen LogP contribution >= 0.6 is 11.6 Å². The fraction of sp³-hybridized carbons (Fsp3) is 0.0909. The maximum Gasteiger partial charge on any atom is 0.306 e. The first-order valence-electron chi connectivity index (χ1n) is 6.89. The van der Waals surface area contributed by atoms with Gasteiger partial charge in [0.2, 0.25) is 11.6 Å². The summed E-state index contributed by atoms with van der Waals surface area (Å²) in [5.41, 5.74) is -1.31. The Balaban J connectivity index is 1.74. The number of aromatic nitrogens is 11. The third kappa shape index (κ3) is 2.63. The lowest BCUT2D eigenvalue weighted by Crippen LogP contribution is -2.28. The van der Waals surface area contributed by atoms with Gasteiger partial charge in [-0.15, -0.1) is 0 Å². The van der Waals surface area contributed by atoms with Crippen molar-refractivity contribution in [1.29, 1.82) is 0 Å². The molecule has 0 aliphatic rings. The quantitative estimate of drug-likeness (QED) is 0.446. The van der Waals surface area contributed by atoms with Gasteiger partial charge >= 0.3 is 5.56 Å². The molecule has 0 aliphatic carbocycles. The normalized spacial score (nSPS) is 11.0. The predicted molar refractivity (Wildman–Crippen MR) is 83.7 cm³/mol. The Morgan fingerprint density at radius 3 is 2.81 bits per heavy atom. The summed E-state index contributed by atoms with van der Waals surface area (Å²) in [5.74, 6) is -0.446. The second-order valence-corrected chi connectivity index (χ2v) is 5.22. The van der Waals surface area contributed by atoms with E-state index in [-0.39, 0.29) is 22.7 Å². The molecule has 15 heteroatoms. The first-order chi connectivity index (χ1) is 12.5. The molecule has 0 aromatic carbocycles. The summed E-state index contributed by atoms with van der Waals surface area (Å²) in [6, 6.07) is 0. The summed E-state index contributed by atoms with van der Waals surface area (Å²) in [6.07, 6.45) is 3.93. The predicted octanol–water partition coefficient (Wildman–Crippen LogP) is -1.51. The number of amides is 1. The molecule has 4 rings (SSSR count). The van der Waals surface area contributed by atoms with Crippen LogP contribution in [0.15, 0.2) is 23.5 Å². The number of rotatable bonds is 3. The standard InChI is InChI=1S/C11H7ClN12O2/c1-22-10(18-20-21-22)16-8(25)7-9(26)17-11-23(19-7)4-15-24(11)6-3-13-5(12)2-14-6/h2-4H,1H3,(H,16,18,21,25). The molecule has 130 valence electrons. The number of hydrogen-bond donors (Lipinski definition) is 1. The Kier molecular flexibility index (Phi) is 3.58. The molecular formula is C11H7ClN12O2. The smallest absolute Gasteiger partial charge is 0.288 e. The lowest BCUT2D eigenvalue weighted by atomic mass is 10.4. The molecule has 0 bridgehead atoms. The van der Waals surface area contributed by atoms with Crippen molar-refractivity contribution in [3.05, 3.63) is 39.9 Å². The van der Waals surface area contributed by atoms with E-state index < -0.39 is 17.2 Å². The SMILES string of the molecule is Cn1nnnc1NC(=O)c1nn2cnn(-c3cnc(Cl)cn3)c2nc1=O. The van der Waals surface area contributed by atoms with Gasteiger partial charge in [-0.3, -0.25) is 14.9 Å². The van der Waals surface area contributed by atoms with Gasteiger partial charge in [-0.25, -0.2) is 14.6 Å². The van der Waals surface area contributed by atoms with Crippen LogP contribution in [0.4, 0.5) is 5.95 Å². The minimum atomic E-state index is -0.860. The van der Waals surface area contributed by atoms with Gasteiger partial charge in [-0.1, -0.05) is 16.7 Å². The highest BCUT2D eigenvalue weighted by Crippen LogP contribution is 2.08. The highest BCUT2D eigenvalue weighted by atomic mass is 35.5. The van der Waals surface area contributed by atoms with Crippen molar-refractivity contribution in [2.24, 2.45) is 7.05 Å². The third-order valence-corrected chi connectivity index (χ3v) is 3.36. The zero-order valence-corrected chi connectivity index (χ0v) is 13.6. The van der Waals surface area contributed by atoms with Crippen LogP contribution in [-0.2, 0) is 7.05 Å². The zero-order valence-electron chi connectivity index (χ0n) is 12.8. The maximum atomic E-state index is 12.2. The van der Waals surface area contributed by atoms with Gasteiger partial charge in [0.15, 0.2) is 5.82 Å². The minimum Gasteiger partial charge on any atom is -0.288 e. The molecule has 0 fully saturated rings. The lowest BCUT2D eigenvalue weighted by molar-refractivity contribution is 0.101. The van der Waals surface area contributed by atoms with Crippen molar-refractivity contribution < 1.29 is 4.79 Å². The molecular weight excluding hydrogens is 368 g/mol. The molecule has 0 unspecified atom stereocenters. The summed E-state index contributed by atoms with van der Waals surface area (Å²) < 4.78 is 3.60. The number of nitrogens with zero attached hydrogens (tertiary/aromatic N) is 11. The molecule has 0 aliphatic heterocycles. The molecule has 1 amide bonds. The van der Waals surface area contributed by atoms with Gasteiger partial charge in [0.05, 0.1) is 12.4 Å². The number of fused-ring (bicyclic) bond motifs is 1. The molecule has 4 aromatic heterocycles. The number of hydrogen-bond acceptors (Lipinski definition) is 10. The van der Waals surface area contributed by atoms with Crippen LogP contribution in [0.5, 0.6) is 0 Å². The highest BCUT2D eigenvalue weighted by Gasteiger charge is 2.19. The van der Waals surface area contributed by atoms with Gasteiger partial charge in [-0.2, -0.15) is 24.4 Å². The number of aryl methyl sites for hydroxylation is 1.